The average molecular weight is 158 g/mol. The molecule has 0 radical (unpaired) electrons. The van der Waals surface area contributed by atoms with E-state index < -0.39 is 0 Å². The number of aliphatic hydroxyl groups is 1. The van der Waals surface area contributed by atoms with Crippen LogP contribution < -0.4 is 5.73 Å². The third-order valence-corrected chi connectivity index (χ3v) is 2.36. The van der Waals surface area contributed by atoms with E-state index in [2.05, 4.69) is 4.90 Å². The van der Waals surface area contributed by atoms with Crippen molar-refractivity contribution in [1.29, 1.82) is 0 Å². The third-order valence-electron chi connectivity index (χ3n) is 2.36. The van der Waals surface area contributed by atoms with Crippen molar-refractivity contribution in [3.8, 4) is 0 Å². The van der Waals surface area contributed by atoms with Crippen molar-refractivity contribution in [2.75, 3.05) is 13.1 Å². The minimum Gasteiger partial charge on any atom is -0.378 e. The van der Waals surface area contributed by atoms with Gasteiger partial charge in [0.15, 0.2) is 0 Å². The lowest BCUT2D eigenvalue weighted by Crippen LogP contribution is -2.44. The molecule has 3 N–H and O–H groups in total. The highest BCUT2D eigenvalue weighted by atomic mass is 16.3. The monoisotopic (exact) mass is 158 g/mol. The van der Waals surface area contributed by atoms with Crippen molar-refractivity contribution in [3.05, 3.63) is 0 Å². The number of rotatable bonds is 2. The predicted octanol–water partition coefficient (Wildman–Crippen LogP) is 0.138. The van der Waals surface area contributed by atoms with Crippen LogP contribution >= 0.6 is 0 Å². The van der Waals surface area contributed by atoms with Crippen LogP contribution in [0.3, 0.4) is 0 Å². The average Bonchev–Trinajstić information content (AvgIpc) is 2.05. The zero-order chi connectivity index (χ0) is 8.27. The second kappa shape index (κ2) is 4.04. The smallest absolute Gasteiger partial charge is 0.107 e. The topological polar surface area (TPSA) is 49.5 Å². The van der Waals surface area contributed by atoms with E-state index in [9.17, 15) is 5.11 Å². The van der Waals surface area contributed by atoms with Gasteiger partial charge < -0.3 is 10.8 Å². The molecule has 1 aliphatic heterocycles. The van der Waals surface area contributed by atoms with Crippen LogP contribution in [0.1, 0.15) is 26.2 Å². The molecule has 0 aromatic rings. The fourth-order valence-electron chi connectivity index (χ4n) is 1.48. The van der Waals surface area contributed by atoms with E-state index in [-0.39, 0.29) is 6.23 Å². The summed E-state index contributed by atoms with van der Waals surface area (Å²) in [5.74, 6) is 0. The Morgan fingerprint density at radius 3 is 2.55 bits per heavy atom. The van der Waals surface area contributed by atoms with Gasteiger partial charge in [0.1, 0.15) is 6.23 Å². The van der Waals surface area contributed by atoms with E-state index in [0.717, 1.165) is 32.4 Å². The van der Waals surface area contributed by atoms with Crippen LogP contribution in [0.4, 0.5) is 0 Å². The van der Waals surface area contributed by atoms with Crippen LogP contribution in [0.5, 0.6) is 0 Å². The summed E-state index contributed by atoms with van der Waals surface area (Å²) >= 11 is 0. The summed E-state index contributed by atoms with van der Waals surface area (Å²) < 4.78 is 0. The first-order chi connectivity index (χ1) is 5.24. The maximum Gasteiger partial charge on any atom is 0.107 e. The quantitative estimate of drug-likeness (QED) is 0.601. The lowest BCUT2D eigenvalue weighted by molar-refractivity contribution is -0.0126. The SMILES string of the molecule is CCC(O)N1CCC(N)CC1. The van der Waals surface area contributed by atoms with Crippen molar-refractivity contribution in [3.63, 3.8) is 0 Å². The molecule has 1 aliphatic rings. The van der Waals surface area contributed by atoms with Crippen LogP contribution in [0.2, 0.25) is 0 Å². The molecule has 0 aromatic heterocycles. The Labute approximate surface area is 68.2 Å². The molecule has 66 valence electrons. The maximum absolute atomic E-state index is 9.45. The summed E-state index contributed by atoms with van der Waals surface area (Å²) in [6, 6.07) is 0.357. The van der Waals surface area contributed by atoms with Crippen LogP contribution in [0.25, 0.3) is 0 Å². The fraction of sp³-hybridized carbons (Fsp3) is 1.00. The molecule has 1 unspecified atom stereocenters. The second-order valence-electron chi connectivity index (χ2n) is 3.26. The van der Waals surface area contributed by atoms with Gasteiger partial charge in [-0.05, 0) is 19.3 Å². The van der Waals surface area contributed by atoms with Gasteiger partial charge in [-0.3, -0.25) is 4.90 Å². The van der Waals surface area contributed by atoms with Crippen LogP contribution in [-0.2, 0) is 0 Å². The Balaban J connectivity index is 2.27. The summed E-state index contributed by atoms with van der Waals surface area (Å²) in [5, 5.41) is 9.45. The molecule has 3 nitrogen and oxygen atoms in total. The zero-order valence-electron chi connectivity index (χ0n) is 7.16. The first kappa shape index (κ1) is 8.97. The van der Waals surface area contributed by atoms with Crippen molar-refractivity contribution < 1.29 is 5.11 Å². The van der Waals surface area contributed by atoms with E-state index in [1.807, 2.05) is 6.92 Å². The van der Waals surface area contributed by atoms with Gasteiger partial charge in [-0.25, -0.2) is 0 Å². The van der Waals surface area contributed by atoms with Crippen molar-refractivity contribution in [2.24, 2.45) is 5.73 Å². The molecular formula is C8H18N2O. The highest BCUT2D eigenvalue weighted by Gasteiger charge is 2.19. The van der Waals surface area contributed by atoms with Crippen LogP contribution in [-0.4, -0.2) is 35.4 Å². The number of likely N-dealkylation sites (tertiary alicyclic amines) is 1. The lowest BCUT2D eigenvalue weighted by Gasteiger charge is -2.33. The first-order valence-corrected chi connectivity index (χ1v) is 4.41. The van der Waals surface area contributed by atoms with Crippen LogP contribution in [0, 0.1) is 0 Å². The molecule has 3 heteroatoms. The highest BCUT2D eigenvalue weighted by molar-refractivity contribution is 4.74. The molecule has 1 fully saturated rings. The van der Waals surface area contributed by atoms with E-state index >= 15 is 0 Å². The molecule has 1 saturated heterocycles. The van der Waals surface area contributed by atoms with Crippen LogP contribution in [0.15, 0.2) is 0 Å². The third kappa shape index (κ3) is 2.43. The Hall–Kier alpha value is -0.120. The number of piperidine rings is 1. The van der Waals surface area contributed by atoms with Gasteiger partial charge in [0.25, 0.3) is 0 Å². The Bertz CT molecular complexity index is 111. The highest BCUT2D eigenvalue weighted by Crippen LogP contribution is 2.11. The van der Waals surface area contributed by atoms with Gasteiger partial charge in [0.05, 0.1) is 0 Å². The second-order valence-corrected chi connectivity index (χ2v) is 3.26. The molecule has 0 bridgehead atoms. The molecule has 0 saturated carbocycles. The Morgan fingerprint density at radius 1 is 1.55 bits per heavy atom. The fourth-order valence-corrected chi connectivity index (χ4v) is 1.48. The molecule has 1 atom stereocenters. The van der Waals surface area contributed by atoms with Crippen molar-refractivity contribution in [1.82, 2.24) is 4.90 Å². The number of nitrogens with two attached hydrogens (primary N) is 1. The minimum absolute atomic E-state index is 0.248. The molecule has 0 aliphatic carbocycles. The van der Waals surface area contributed by atoms with Crippen molar-refractivity contribution >= 4 is 0 Å². The molecule has 1 rings (SSSR count). The largest absolute Gasteiger partial charge is 0.378 e. The van der Waals surface area contributed by atoms with Crippen molar-refractivity contribution in [2.45, 2.75) is 38.5 Å². The molecule has 11 heavy (non-hydrogen) atoms. The number of hydrogen-bond acceptors (Lipinski definition) is 3. The van der Waals surface area contributed by atoms with Gasteiger partial charge in [0.2, 0.25) is 0 Å². The minimum atomic E-state index is -0.248. The summed E-state index contributed by atoms with van der Waals surface area (Å²) in [7, 11) is 0. The molecule has 1 heterocycles. The van der Waals surface area contributed by atoms with Gasteiger partial charge in [0, 0.05) is 19.1 Å². The Morgan fingerprint density at radius 2 is 2.09 bits per heavy atom. The van der Waals surface area contributed by atoms with Gasteiger partial charge in [-0.2, -0.15) is 0 Å². The predicted molar refractivity (Wildman–Crippen MR) is 45.1 cm³/mol. The molecule has 0 amide bonds. The maximum atomic E-state index is 9.45. The lowest BCUT2D eigenvalue weighted by atomic mass is 10.1. The molecule has 0 aromatic carbocycles. The summed E-state index contributed by atoms with van der Waals surface area (Å²) in [4.78, 5) is 2.10. The number of hydrogen-bond donors (Lipinski definition) is 2. The van der Waals surface area contributed by atoms with Gasteiger partial charge in [-0.1, -0.05) is 6.92 Å². The molecular weight excluding hydrogens is 140 g/mol. The summed E-state index contributed by atoms with van der Waals surface area (Å²) in [5.41, 5.74) is 5.73. The Kier molecular flexibility index (Phi) is 3.30. The summed E-state index contributed by atoms with van der Waals surface area (Å²) in [6.07, 6.45) is 2.62. The number of aliphatic hydroxyl groups excluding tert-OH is 1. The van der Waals surface area contributed by atoms with E-state index in [1.165, 1.54) is 0 Å². The standard InChI is InChI=1S/C8H18N2O/c1-2-8(11)10-5-3-7(9)4-6-10/h7-8,11H,2-6,9H2,1H3. The zero-order valence-corrected chi connectivity index (χ0v) is 7.16. The van der Waals surface area contributed by atoms with E-state index in [0.29, 0.717) is 6.04 Å². The van der Waals surface area contributed by atoms with Gasteiger partial charge in [-0.15, -0.1) is 0 Å². The van der Waals surface area contributed by atoms with Gasteiger partial charge >= 0.3 is 0 Å². The first-order valence-electron chi connectivity index (χ1n) is 4.41. The van der Waals surface area contributed by atoms with E-state index in [4.69, 9.17) is 5.73 Å². The summed E-state index contributed by atoms with van der Waals surface area (Å²) in [6.45, 7) is 3.91. The molecule has 0 spiro atoms. The number of nitrogens with zero attached hydrogens (tertiary/aromatic N) is 1. The van der Waals surface area contributed by atoms with E-state index in [1.54, 1.807) is 0 Å². The normalized spacial score (nSPS) is 25.4.